The van der Waals surface area contributed by atoms with E-state index in [-0.39, 0.29) is 5.49 Å². The van der Waals surface area contributed by atoms with Crippen LogP contribution in [0.5, 0.6) is 0 Å². The Morgan fingerprint density at radius 3 is 2.33 bits per heavy atom. The van der Waals surface area contributed by atoms with Crippen LogP contribution in [0.1, 0.15) is 11.1 Å². The zero-order chi connectivity index (χ0) is 17.3. The van der Waals surface area contributed by atoms with E-state index >= 15 is 0 Å². The maximum Gasteiger partial charge on any atom is 0.438 e. The molecule has 24 heavy (non-hydrogen) atoms. The lowest BCUT2D eigenvalue weighted by molar-refractivity contribution is -0.391. The summed E-state index contributed by atoms with van der Waals surface area (Å²) in [6.45, 7) is 3.81. The summed E-state index contributed by atoms with van der Waals surface area (Å²) in [5, 5.41) is 25.5. The highest BCUT2D eigenvalue weighted by molar-refractivity contribution is 5.44. The second-order valence-electron chi connectivity index (χ2n) is 5.38. The lowest BCUT2D eigenvalue weighted by Gasteiger charge is -2.00. The summed E-state index contributed by atoms with van der Waals surface area (Å²) >= 11 is 0. The van der Waals surface area contributed by atoms with Crippen molar-refractivity contribution in [1.29, 1.82) is 0 Å². The summed E-state index contributed by atoms with van der Waals surface area (Å²) < 4.78 is 0. The molecule has 8 heteroatoms. The highest BCUT2D eigenvalue weighted by atomic mass is 16.6. The van der Waals surface area contributed by atoms with Crippen molar-refractivity contribution in [3.05, 3.63) is 75.3 Å². The van der Waals surface area contributed by atoms with Gasteiger partial charge in [-0.3, -0.25) is 0 Å². The van der Waals surface area contributed by atoms with Crippen LogP contribution in [0.2, 0.25) is 0 Å². The minimum absolute atomic E-state index is 0.242. The van der Waals surface area contributed by atoms with Crippen LogP contribution < -0.4 is 5.49 Å². The predicted octanol–water partition coefficient (Wildman–Crippen LogP) is 2.67. The first-order chi connectivity index (χ1) is 11.5. The molecule has 3 rings (SSSR count). The van der Waals surface area contributed by atoms with E-state index in [9.17, 15) is 15.3 Å². The normalized spacial score (nSPS) is 11.7. The third-order valence-electron chi connectivity index (χ3n) is 3.36. The molecule has 0 saturated carbocycles. The van der Waals surface area contributed by atoms with Gasteiger partial charge in [-0.15, -0.1) is 0 Å². The fourth-order valence-electron chi connectivity index (χ4n) is 2.43. The summed E-state index contributed by atoms with van der Waals surface area (Å²) in [6, 6.07) is 14.1. The molecule has 0 saturated heterocycles. The van der Waals surface area contributed by atoms with Gasteiger partial charge in [-0.1, -0.05) is 29.1 Å². The van der Waals surface area contributed by atoms with Crippen LogP contribution >= 0.6 is 0 Å². The van der Waals surface area contributed by atoms with E-state index in [0.717, 1.165) is 15.9 Å². The van der Waals surface area contributed by atoms with Gasteiger partial charge in [-0.2, -0.15) is 0 Å². The van der Waals surface area contributed by atoms with Crippen LogP contribution in [0, 0.1) is 24.0 Å². The molecule has 0 fully saturated rings. The molecule has 0 bridgehead atoms. The number of hydrogen-bond donors (Lipinski definition) is 1. The van der Waals surface area contributed by atoms with E-state index in [2.05, 4.69) is 10.1 Å². The molecule has 1 heterocycles. The highest BCUT2D eigenvalue weighted by Gasteiger charge is 2.24. The Balaban J connectivity index is 2.25. The number of para-hydroxylation sites is 1. The average molecular weight is 325 g/mol. The summed E-state index contributed by atoms with van der Waals surface area (Å²) in [7, 11) is 0. The lowest BCUT2D eigenvalue weighted by Crippen LogP contribution is -2.22. The Hall–Kier alpha value is -3.42. The Morgan fingerprint density at radius 1 is 1.12 bits per heavy atom. The standard InChI is InChI=1S/C16H15N5O3/c1-11-8-12(2)10-13(9-11)17-15-16(21(23)24)18-19(20(15)22)14-6-4-3-5-7-14/h3-10,22H,1-2H3. The fraction of sp³-hybridized carbons (Fsp3) is 0.125. The molecule has 0 aliphatic carbocycles. The van der Waals surface area contributed by atoms with Crippen LogP contribution in [-0.2, 0) is 0 Å². The molecule has 1 N–H and O–H groups in total. The van der Waals surface area contributed by atoms with Gasteiger partial charge in [-0.25, -0.2) is 4.99 Å². The summed E-state index contributed by atoms with van der Waals surface area (Å²) in [5.74, 6) is -0.527. The summed E-state index contributed by atoms with van der Waals surface area (Å²) in [4.78, 5) is 16.4. The van der Waals surface area contributed by atoms with Gasteiger partial charge in [0.25, 0.3) is 5.49 Å². The Labute approximate surface area is 137 Å². The van der Waals surface area contributed by atoms with Gasteiger partial charge < -0.3 is 15.3 Å². The molecule has 3 aromatic rings. The zero-order valence-electron chi connectivity index (χ0n) is 13.1. The predicted molar refractivity (Wildman–Crippen MR) is 86.5 cm³/mol. The molecule has 0 spiro atoms. The van der Waals surface area contributed by atoms with Crippen LogP contribution in [0.4, 0.5) is 11.5 Å². The molecule has 0 atom stereocenters. The van der Waals surface area contributed by atoms with Crippen molar-refractivity contribution < 1.29 is 10.1 Å². The van der Waals surface area contributed by atoms with Crippen molar-refractivity contribution >= 4 is 11.5 Å². The molecule has 0 unspecified atom stereocenters. The maximum atomic E-state index is 11.3. The van der Waals surface area contributed by atoms with Crippen molar-refractivity contribution in [1.82, 2.24) is 14.7 Å². The number of nitrogens with zero attached hydrogens (tertiary/aromatic N) is 5. The van der Waals surface area contributed by atoms with Gasteiger partial charge in [0.05, 0.1) is 10.8 Å². The van der Waals surface area contributed by atoms with Crippen molar-refractivity contribution in [2.75, 3.05) is 0 Å². The van der Waals surface area contributed by atoms with E-state index in [1.165, 1.54) is 0 Å². The van der Waals surface area contributed by atoms with Gasteiger partial charge >= 0.3 is 5.82 Å². The molecule has 122 valence electrons. The van der Waals surface area contributed by atoms with Gasteiger partial charge in [0.1, 0.15) is 5.69 Å². The number of aromatic nitrogens is 3. The molecule has 8 nitrogen and oxygen atoms in total. The Morgan fingerprint density at radius 2 is 1.75 bits per heavy atom. The number of rotatable bonds is 3. The van der Waals surface area contributed by atoms with Crippen LogP contribution in [0.3, 0.4) is 0 Å². The molecule has 0 aliphatic rings. The van der Waals surface area contributed by atoms with E-state index < -0.39 is 10.7 Å². The smallest absolute Gasteiger partial charge is 0.409 e. The van der Waals surface area contributed by atoms with Gasteiger partial charge in [0, 0.05) is 0 Å². The molecular weight excluding hydrogens is 310 g/mol. The molecule has 2 aromatic carbocycles. The minimum Gasteiger partial charge on any atom is -0.409 e. The van der Waals surface area contributed by atoms with Gasteiger partial charge in [0.15, 0.2) is 0 Å². The molecule has 0 radical (unpaired) electrons. The van der Waals surface area contributed by atoms with Crippen molar-refractivity contribution in [3.8, 4) is 5.69 Å². The highest BCUT2D eigenvalue weighted by Crippen LogP contribution is 2.17. The number of nitro groups is 1. The number of aryl methyl sites for hydroxylation is 2. The quantitative estimate of drug-likeness (QED) is 0.454. The Bertz CT molecular complexity index is 953. The second-order valence-corrected chi connectivity index (χ2v) is 5.38. The zero-order valence-corrected chi connectivity index (χ0v) is 13.1. The summed E-state index contributed by atoms with van der Waals surface area (Å²) in [5.41, 5.74) is 2.68. The third kappa shape index (κ3) is 2.89. The van der Waals surface area contributed by atoms with E-state index in [0.29, 0.717) is 16.2 Å². The van der Waals surface area contributed by atoms with Crippen molar-refractivity contribution in [2.45, 2.75) is 13.8 Å². The molecule has 0 aliphatic heterocycles. The van der Waals surface area contributed by atoms with E-state index in [1.807, 2.05) is 19.9 Å². The minimum atomic E-state index is -0.673. The molecule has 0 amide bonds. The number of hydrogen-bond acceptors (Lipinski definition) is 5. The largest absolute Gasteiger partial charge is 0.438 e. The molecule has 1 aromatic heterocycles. The molecular formula is C16H15N5O3. The second kappa shape index (κ2) is 5.99. The van der Waals surface area contributed by atoms with E-state index in [4.69, 9.17) is 0 Å². The fourth-order valence-corrected chi connectivity index (χ4v) is 2.43. The van der Waals surface area contributed by atoms with Gasteiger partial charge in [0.2, 0.25) is 0 Å². The van der Waals surface area contributed by atoms with Crippen molar-refractivity contribution in [2.24, 2.45) is 4.99 Å². The van der Waals surface area contributed by atoms with Gasteiger partial charge in [-0.05, 0) is 59.0 Å². The van der Waals surface area contributed by atoms with Crippen LogP contribution in [0.25, 0.3) is 5.69 Å². The first-order valence-corrected chi connectivity index (χ1v) is 7.20. The van der Waals surface area contributed by atoms with Crippen LogP contribution in [0.15, 0.2) is 53.5 Å². The lowest BCUT2D eigenvalue weighted by atomic mass is 10.1. The first-order valence-electron chi connectivity index (χ1n) is 7.20. The first kappa shape index (κ1) is 15.5. The monoisotopic (exact) mass is 325 g/mol. The SMILES string of the molecule is Cc1cc(C)cc(N=c2c([N+](=O)[O-])nn(-c3ccccc3)n2O)c1. The Kier molecular flexibility index (Phi) is 3.87. The van der Waals surface area contributed by atoms with Crippen molar-refractivity contribution in [3.63, 3.8) is 0 Å². The van der Waals surface area contributed by atoms with E-state index in [1.54, 1.807) is 42.5 Å². The number of benzene rings is 2. The third-order valence-corrected chi connectivity index (χ3v) is 3.36. The average Bonchev–Trinajstić information content (AvgIpc) is 2.84. The topological polar surface area (TPSA) is 98.5 Å². The summed E-state index contributed by atoms with van der Waals surface area (Å²) in [6.07, 6.45) is 0. The van der Waals surface area contributed by atoms with Crippen LogP contribution in [-0.4, -0.2) is 24.9 Å². The maximum absolute atomic E-state index is 11.3.